The maximum atomic E-state index is 11.8. The van der Waals surface area contributed by atoms with Crippen LogP contribution in [-0.4, -0.2) is 28.2 Å². The van der Waals surface area contributed by atoms with Gasteiger partial charge < -0.3 is 21.6 Å². The maximum absolute atomic E-state index is 11.8. The van der Waals surface area contributed by atoms with Gasteiger partial charge in [-0.15, -0.1) is 0 Å². The number of oxime groups is 1. The number of amides is 2. The third kappa shape index (κ3) is 3.51. The Morgan fingerprint density at radius 1 is 1.35 bits per heavy atom. The van der Waals surface area contributed by atoms with Gasteiger partial charge in [-0.25, -0.2) is 4.79 Å². The number of carbonyl (C=O) groups is 1. The van der Waals surface area contributed by atoms with Crippen molar-refractivity contribution in [3.8, 4) is 0 Å². The van der Waals surface area contributed by atoms with Gasteiger partial charge in [0.2, 0.25) is 0 Å². The largest absolute Gasteiger partial charge is 0.409 e. The summed E-state index contributed by atoms with van der Waals surface area (Å²) in [4.78, 5) is 11.8. The minimum Gasteiger partial charge on any atom is -0.409 e. The number of nitrogens with two attached hydrogens (primary N) is 1. The smallest absolute Gasteiger partial charge is 0.316 e. The van der Waals surface area contributed by atoms with Crippen LogP contribution < -0.4 is 16.4 Å². The van der Waals surface area contributed by atoms with E-state index in [0.717, 1.165) is 12.8 Å². The van der Waals surface area contributed by atoms with Crippen LogP contribution in [0, 0.1) is 0 Å². The number of amidine groups is 1. The predicted molar refractivity (Wildman–Crippen MR) is 66.0 cm³/mol. The molecular formula is C11H22N4O2. The highest BCUT2D eigenvalue weighted by Gasteiger charge is 2.40. The molecule has 6 nitrogen and oxygen atoms in total. The molecule has 1 fully saturated rings. The fraction of sp³-hybridized carbons (Fsp3) is 0.818. The quantitative estimate of drug-likeness (QED) is 0.253. The van der Waals surface area contributed by atoms with Crippen LogP contribution in [0.3, 0.4) is 0 Å². The summed E-state index contributed by atoms with van der Waals surface area (Å²) in [6.45, 7) is 5.70. The highest BCUT2D eigenvalue weighted by molar-refractivity contribution is 5.93. The van der Waals surface area contributed by atoms with E-state index in [2.05, 4.69) is 15.8 Å². The first-order valence-electron chi connectivity index (χ1n) is 5.87. The first-order valence-corrected chi connectivity index (χ1v) is 5.87. The van der Waals surface area contributed by atoms with Gasteiger partial charge in [0.15, 0.2) is 5.84 Å². The molecule has 0 spiro atoms. The molecule has 0 aliphatic heterocycles. The Morgan fingerprint density at radius 3 is 2.29 bits per heavy atom. The lowest BCUT2D eigenvalue weighted by Crippen LogP contribution is -2.60. The molecule has 2 amide bonds. The Bertz CT molecular complexity index is 314. The zero-order valence-corrected chi connectivity index (χ0v) is 10.7. The van der Waals surface area contributed by atoms with Crippen LogP contribution in [0.25, 0.3) is 0 Å². The Morgan fingerprint density at radius 2 is 1.88 bits per heavy atom. The Labute approximate surface area is 102 Å². The number of rotatable bonds is 2. The van der Waals surface area contributed by atoms with E-state index in [1.54, 1.807) is 0 Å². The Hall–Kier alpha value is -1.46. The summed E-state index contributed by atoms with van der Waals surface area (Å²) in [5.74, 6) is 0.0825. The zero-order valence-electron chi connectivity index (χ0n) is 10.7. The van der Waals surface area contributed by atoms with E-state index in [1.165, 1.54) is 0 Å². The second-order valence-electron chi connectivity index (χ2n) is 5.60. The molecule has 0 atom stereocenters. The highest BCUT2D eigenvalue weighted by Crippen LogP contribution is 2.29. The molecule has 1 saturated carbocycles. The van der Waals surface area contributed by atoms with Crippen LogP contribution in [-0.2, 0) is 0 Å². The van der Waals surface area contributed by atoms with Crippen LogP contribution >= 0.6 is 0 Å². The molecule has 0 aromatic carbocycles. The molecule has 1 aliphatic rings. The molecule has 98 valence electrons. The van der Waals surface area contributed by atoms with Crippen LogP contribution in [0.2, 0.25) is 0 Å². The molecule has 0 heterocycles. The summed E-state index contributed by atoms with van der Waals surface area (Å²) in [7, 11) is 0. The molecular weight excluding hydrogens is 220 g/mol. The second kappa shape index (κ2) is 4.81. The van der Waals surface area contributed by atoms with E-state index in [9.17, 15) is 4.79 Å². The number of carbonyl (C=O) groups excluding carboxylic acids is 1. The summed E-state index contributed by atoms with van der Waals surface area (Å²) in [5.41, 5.74) is 4.68. The standard InChI is InChI=1S/C11H22N4O2/c1-10(2,3)13-9(16)14-11(8(12)15-17)6-4-5-7-11/h17H,4-7H2,1-3H3,(H2,12,15)(H2,13,14,16). The van der Waals surface area contributed by atoms with Crippen molar-refractivity contribution in [3.63, 3.8) is 0 Å². The summed E-state index contributed by atoms with van der Waals surface area (Å²) in [6, 6.07) is -0.286. The van der Waals surface area contributed by atoms with Gasteiger partial charge in [-0.05, 0) is 33.6 Å². The zero-order chi connectivity index (χ0) is 13.1. The molecule has 0 radical (unpaired) electrons. The fourth-order valence-electron chi connectivity index (χ4n) is 2.11. The van der Waals surface area contributed by atoms with Crippen molar-refractivity contribution in [1.29, 1.82) is 0 Å². The van der Waals surface area contributed by atoms with Gasteiger partial charge in [0.25, 0.3) is 0 Å². The molecule has 0 saturated heterocycles. The normalized spacial score (nSPS) is 20.1. The summed E-state index contributed by atoms with van der Waals surface area (Å²) < 4.78 is 0. The van der Waals surface area contributed by atoms with Gasteiger partial charge in [-0.1, -0.05) is 18.0 Å². The fourth-order valence-corrected chi connectivity index (χ4v) is 2.11. The SMILES string of the molecule is CC(C)(C)NC(=O)NC1(/C(N)=N/O)CCCC1. The van der Waals surface area contributed by atoms with E-state index < -0.39 is 5.54 Å². The molecule has 1 rings (SSSR count). The minimum atomic E-state index is -0.690. The van der Waals surface area contributed by atoms with Crippen LogP contribution in [0.4, 0.5) is 4.79 Å². The van der Waals surface area contributed by atoms with E-state index in [0.29, 0.717) is 12.8 Å². The molecule has 1 aliphatic carbocycles. The topological polar surface area (TPSA) is 99.7 Å². The van der Waals surface area contributed by atoms with Gasteiger partial charge in [0.05, 0.1) is 0 Å². The first-order chi connectivity index (χ1) is 7.79. The van der Waals surface area contributed by atoms with Crippen molar-refractivity contribution in [2.75, 3.05) is 0 Å². The van der Waals surface area contributed by atoms with Crippen molar-refractivity contribution in [2.45, 2.75) is 57.5 Å². The number of urea groups is 1. The van der Waals surface area contributed by atoms with Gasteiger partial charge in [0.1, 0.15) is 5.54 Å². The van der Waals surface area contributed by atoms with Gasteiger partial charge in [-0.3, -0.25) is 0 Å². The molecule has 0 aromatic heterocycles. The number of nitrogens with zero attached hydrogens (tertiary/aromatic N) is 1. The van der Waals surface area contributed by atoms with E-state index >= 15 is 0 Å². The minimum absolute atomic E-state index is 0.0825. The molecule has 6 heteroatoms. The Kier molecular flexibility index (Phi) is 3.85. The molecule has 5 N–H and O–H groups in total. The molecule has 17 heavy (non-hydrogen) atoms. The van der Waals surface area contributed by atoms with E-state index in [4.69, 9.17) is 10.9 Å². The van der Waals surface area contributed by atoms with Gasteiger partial charge in [-0.2, -0.15) is 0 Å². The Balaban J connectivity index is 2.72. The van der Waals surface area contributed by atoms with E-state index in [-0.39, 0.29) is 17.4 Å². The monoisotopic (exact) mass is 242 g/mol. The first kappa shape index (κ1) is 13.6. The number of nitrogens with one attached hydrogen (secondary N) is 2. The lowest BCUT2D eigenvalue weighted by molar-refractivity contribution is 0.223. The average Bonchev–Trinajstić information content (AvgIpc) is 2.63. The van der Waals surface area contributed by atoms with Crippen molar-refractivity contribution < 1.29 is 10.0 Å². The molecule has 0 aromatic rings. The van der Waals surface area contributed by atoms with Crippen molar-refractivity contribution in [2.24, 2.45) is 10.9 Å². The van der Waals surface area contributed by atoms with Crippen molar-refractivity contribution >= 4 is 11.9 Å². The number of hydrogen-bond acceptors (Lipinski definition) is 3. The number of hydrogen-bond donors (Lipinski definition) is 4. The maximum Gasteiger partial charge on any atom is 0.316 e. The van der Waals surface area contributed by atoms with Gasteiger partial charge >= 0.3 is 6.03 Å². The van der Waals surface area contributed by atoms with Crippen LogP contribution in [0.1, 0.15) is 46.5 Å². The molecule has 0 bridgehead atoms. The second-order valence-corrected chi connectivity index (χ2v) is 5.60. The third-order valence-electron chi connectivity index (χ3n) is 2.90. The average molecular weight is 242 g/mol. The predicted octanol–water partition coefficient (Wildman–Crippen LogP) is 1.14. The molecule has 0 unspecified atom stereocenters. The van der Waals surface area contributed by atoms with Crippen LogP contribution in [0.5, 0.6) is 0 Å². The van der Waals surface area contributed by atoms with E-state index in [1.807, 2.05) is 20.8 Å². The highest BCUT2D eigenvalue weighted by atomic mass is 16.4. The lowest BCUT2D eigenvalue weighted by Gasteiger charge is -2.31. The third-order valence-corrected chi connectivity index (χ3v) is 2.90. The van der Waals surface area contributed by atoms with Crippen molar-refractivity contribution in [3.05, 3.63) is 0 Å². The summed E-state index contributed by atoms with van der Waals surface area (Å²) in [5, 5.41) is 17.5. The summed E-state index contributed by atoms with van der Waals surface area (Å²) >= 11 is 0. The lowest BCUT2D eigenvalue weighted by atomic mass is 9.96. The van der Waals surface area contributed by atoms with Gasteiger partial charge in [0, 0.05) is 5.54 Å². The van der Waals surface area contributed by atoms with Crippen LogP contribution in [0.15, 0.2) is 5.16 Å². The summed E-state index contributed by atoms with van der Waals surface area (Å²) in [6.07, 6.45) is 3.35. The van der Waals surface area contributed by atoms with Crippen molar-refractivity contribution in [1.82, 2.24) is 10.6 Å².